The van der Waals surface area contributed by atoms with Gasteiger partial charge in [0.05, 0.1) is 33.3 Å². The van der Waals surface area contributed by atoms with Crippen LogP contribution in [-0.2, 0) is 29.2 Å². The number of likely N-dealkylation sites (tertiary alicyclic amines) is 1. The second-order valence-corrected chi connectivity index (χ2v) is 9.95. The van der Waals surface area contributed by atoms with E-state index in [1.807, 2.05) is 36.4 Å². The number of carbonyl (C=O) groups is 2. The Hall–Kier alpha value is -4.25. The average Bonchev–Trinajstić information content (AvgIpc) is 3.66. The van der Waals surface area contributed by atoms with Gasteiger partial charge in [0, 0.05) is 31.7 Å². The topological polar surface area (TPSA) is 113 Å². The van der Waals surface area contributed by atoms with Gasteiger partial charge in [-0.15, -0.1) is 0 Å². The van der Waals surface area contributed by atoms with Crippen molar-refractivity contribution in [1.82, 2.24) is 14.8 Å². The minimum atomic E-state index is -0.325. The third-order valence-corrected chi connectivity index (χ3v) is 7.18. The Morgan fingerprint density at radius 2 is 1.93 bits per heavy atom. The summed E-state index contributed by atoms with van der Waals surface area (Å²) < 4.78 is 33.1. The van der Waals surface area contributed by atoms with Gasteiger partial charge in [-0.25, -0.2) is 4.98 Å². The zero-order valence-corrected chi connectivity index (χ0v) is 23.6. The summed E-state index contributed by atoms with van der Waals surface area (Å²) in [5.41, 5.74) is 2.15. The number of para-hydroxylation sites is 1. The molecule has 1 aromatic heterocycles. The van der Waals surface area contributed by atoms with E-state index in [1.54, 1.807) is 26.0 Å². The van der Waals surface area contributed by atoms with E-state index in [4.69, 9.17) is 28.1 Å². The van der Waals surface area contributed by atoms with Crippen molar-refractivity contribution >= 4 is 11.9 Å². The standard InChI is InChI=1S/C30H35N3O8/c1-4-38-30(35)22-8-6-12-33(16-22)29(34)23-18-39-27(31-23)17-32(14-20-10-11-24-26(13-20)41-19-40-24)15-21-7-5-9-25(36-2)28(21)37-3/h5,7,9-11,13,18,22H,4,6,8,12,14-17,19H2,1-3H3/t22-/m0/s1. The lowest BCUT2D eigenvalue weighted by atomic mass is 9.98. The number of aromatic nitrogens is 1. The zero-order chi connectivity index (χ0) is 28.8. The van der Waals surface area contributed by atoms with Gasteiger partial charge in [-0.1, -0.05) is 18.2 Å². The number of rotatable bonds is 11. The van der Waals surface area contributed by atoms with Crippen molar-refractivity contribution in [1.29, 1.82) is 0 Å². The average molecular weight is 566 g/mol. The van der Waals surface area contributed by atoms with Crippen LogP contribution in [0.2, 0.25) is 0 Å². The first-order chi connectivity index (χ1) is 20.0. The number of hydrogen-bond acceptors (Lipinski definition) is 10. The first kappa shape index (κ1) is 28.3. The second kappa shape index (κ2) is 12.9. The molecule has 0 N–H and O–H groups in total. The second-order valence-electron chi connectivity index (χ2n) is 9.95. The summed E-state index contributed by atoms with van der Waals surface area (Å²) in [6.07, 6.45) is 2.82. The molecule has 5 rings (SSSR count). The van der Waals surface area contributed by atoms with Crippen molar-refractivity contribution in [3.63, 3.8) is 0 Å². The summed E-state index contributed by atoms with van der Waals surface area (Å²) in [6, 6.07) is 11.6. The third-order valence-electron chi connectivity index (χ3n) is 7.18. The van der Waals surface area contributed by atoms with Gasteiger partial charge in [-0.05, 0) is 43.5 Å². The first-order valence-electron chi connectivity index (χ1n) is 13.7. The van der Waals surface area contributed by atoms with E-state index in [2.05, 4.69) is 9.88 Å². The molecular formula is C30H35N3O8. The monoisotopic (exact) mass is 565 g/mol. The normalized spacial score (nSPS) is 16.1. The maximum atomic E-state index is 13.3. The maximum Gasteiger partial charge on any atom is 0.310 e. The number of fused-ring (bicyclic) bond motifs is 1. The quantitative estimate of drug-likeness (QED) is 0.316. The molecule has 1 saturated heterocycles. The van der Waals surface area contributed by atoms with Gasteiger partial charge < -0.3 is 33.0 Å². The summed E-state index contributed by atoms with van der Waals surface area (Å²) in [7, 11) is 3.22. The number of ether oxygens (including phenoxy) is 5. The fourth-order valence-corrected chi connectivity index (χ4v) is 5.23. The fraction of sp³-hybridized carbons (Fsp3) is 0.433. The molecular weight excluding hydrogens is 530 g/mol. The SMILES string of the molecule is CCOC(=O)[C@H]1CCCN(C(=O)c2coc(CN(Cc3ccc4c(c3)OCO4)Cc3cccc(OC)c3OC)n2)C1. The highest BCUT2D eigenvalue weighted by molar-refractivity contribution is 5.92. The van der Waals surface area contributed by atoms with Crippen molar-refractivity contribution in [3.05, 3.63) is 65.4 Å². The van der Waals surface area contributed by atoms with Crippen LogP contribution in [0, 0.1) is 5.92 Å². The molecule has 3 heterocycles. The van der Waals surface area contributed by atoms with Crippen LogP contribution in [0.1, 0.15) is 47.3 Å². The number of hydrogen-bond donors (Lipinski definition) is 0. The van der Waals surface area contributed by atoms with E-state index in [1.165, 1.54) is 6.26 Å². The summed E-state index contributed by atoms with van der Waals surface area (Å²) in [5.74, 6) is 2.25. The largest absolute Gasteiger partial charge is 0.493 e. The number of oxazole rings is 1. The molecule has 0 unspecified atom stereocenters. The number of nitrogens with zero attached hydrogens (tertiary/aromatic N) is 3. The van der Waals surface area contributed by atoms with Gasteiger partial charge in [0.1, 0.15) is 6.26 Å². The van der Waals surface area contributed by atoms with Gasteiger partial charge in [0.2, 0.25) is 12.7 Å². The van der Waals surface area contributed by atoms with Crippen molar-refractivity contribution in [2.24, 2.45) is 5.92 Å². The number of carbonyl (C=O) groups excluding carboxylic acids is 2. The Kier molecular flexibility index (Phi) is 8.93. The summed E-state index contributed by atoms with van der Waals surface area (Å²) in [6.45, 7) is 4.53. The zero-order valence-electron chi connectivity index (χ0n) is 23.6. The molecule has 2 aliphatic rings. The predicted molar refractivity (Wildman–Crippen MR) is 147 cm³/mol. The number of benzene rings is 2. The molecule has 11 heteroatoms. The van der Waals surface area contributed by atoms with E-state index in [-0.39, 0.29) is 30.3 Å². The minimum Gasteiger partial charge on any atom is -0.493 e. The van der Waals surface area contributed by atoms with Crippen LogP contribution < -0.4 is 18.9 Å². The molecule has 1 fully saturated rings. The lowest BCUT2D eigenvalue weighted by Crippen LogP contribution is -2.43. The number of esters is 1. The van der Waals surface area contributed by atoms with Crippen LogP contribution >= 0.6 is 0 Å². The number of methoxy groups -OCH3 is 2. The van der Waals surface area contributed by atoms with E-state index in [0.717, 1.165) is 17.5 Å². The highest BCUT2D eigenvalue weighted by Crippen LogP contribution is 2.35. The van der Waals surface area contributed by atoms with Crippen LogP contribution in [0.15, 0.2) is 47.1 Å². The molecule has 2 aromatic carbocycles. The molecule has 2 aliphatic heterocycles. The van der Waals surface area contributed by atoms with Gasteiger partial charge in [0.15, 0.2) is 28.7 Å². The van der Waals surface area contributed by atoms with Crippen molar-refractivity contribution in [3.8, 4) is 23.0 Å². The molecule has 0 bridgehead atoms. The smallest absolute Gasteiger partial charge is 0.310 e. The lowest BCUT2D eigenvalue weighted by Gasteiger charge is -2.30. The molecule has 41 heavy (non-hydrogen) atoms. The highest BCUT2D eigenvalue weighted by Gasteiger charge is 2.31. The van der Waals surface area contributed by atoms with Crippen LogP contribution in [0.4, 0.5) is 0 Å². The van der Waals surface area contributed by atoms with Crippen LogP contribution in [0.3, 0.4) is 0 Å². The Bertz CT molecular complexity index is 1370. The van der Waals surface area contributed by atoms with E-state index in [0.29, 0.717) is 74.6 Å². The summed E-state index contributed by atoms with van der Waals surface area (Å²) >= 11 is 0. The molecule has 3 aromatic rings. The molecule has 218 valence electrons. The van der Waals surface area contributed by atoms with Gasteiger partial charge >= 0.3 is 5.97 Å². The van der Waals surface area contributed by atoms with E-state index in [9.17, 15) is 9.59 Å². The Morgan fingerprint density at radius 3 is 2.73 bits per heavy atom. The predicted octanol–water partition coefficient (Wildman–Crippen LogP) is 4.04. The molecule has 0 aliphatic carbocycles. The fourth-order valence-electron chi connectivity index (χ4n) is 5.23. The first-order valence-corrected chi connectivity index (χ1v) is 13.7. The van der Waals surface area contributed by atoms with Crippen LogP contribution in [-0.4, -0.2) is 67.4 Å². The number of amides is 1. The Morgan fingerprint density at radius 1 is 1.07 bits per heavy atom. The van der Waals surface area contributed by atoms with Crippen LogP contribution in [0.25, 0.3) is 0 Å². The minimum absolute atomic E-state index is 0.203. The lowest BCUT2D eigenvalue weighted by molar-refractivity contribution is -0.149. The van der Waals surface area contributed by atoms with Gasteiger partial charge in [-0.3, -0.25) is 14.5 Å². The number of piperidine rings is 1. The van der Waals surface area contributed by atoms with E-state index < -0.39 is 0 Å². The van der Waals surface area contributed by atoms with Crippen molar-refractivity contribution in [2.75, 3.05) is 40.7 Å². The van der Waals surface area contributed by atoms with Gasteiger partial charge in [-0.2, -0.15) is 0 Å². The summed E-state index contributed by atoms with van der Waals surface area (Å²) in [4.78, 5) is 33.8. The maximum absolute atomic E-state index is 13.3. The molecule has 0 saturated carbocycles. The molecule has 1 atom stereocenters. The Balaban J connectivity index is 1.34. The molecule has 11 nitrogen and oxygen atoms in total. The van der Waals surface area contributed by atoms with E-state index >= 15 is 0 Å². The third kappa shape index (κ3) is 6.57. The molecule has 1 amide bonds. The highest BCUT2D eigenvalue weighted by atomic mass is 16.7. The summed E-state index contributed by atoms with van der Waals surface area (Å²) in [5, 5.41) is 0. The van der Waals surface area contributed by atoms with Crippen molar-refractivity contribution in [2.45, 2.75) is 39.4 Å². The molecule has 0 radical (unpaired) electrons. The molecule has 0 spiro atoms. The van der Waals surface area contributed by atoms with Gasteiger partial charge in [0.25, 0.3) is 5.91 Å². The Labute approximate surface area is 238 Å². The van der Waals surface area contributed by atoms with Crippen LogP contribution in [0.5, 0.6) is 23.0 Å². The van der Waals surface area contributed by atoms with Crippen molar-refractivity contribution < 1.29 is 37.7 Å².